The summed E-state index contributed by atoms with van der Waals surface area (Å²) >= 11 is 0. The molecule has 0 saturated heterocycles. The van der Waals surface area contributed by atoms with Crippen LogP contribution in [0.25, 0.3) is 0 Å². The molecule has 4 N–H and O–H groups in total. The average molecular weight is 274 g/mol. The van der Waals surface area contributed by atoms with E-state index in [1.165, 1.54) is 0 Å². The summed E-state index contributed by atoms with van der Waals surface area (Å²) in [5.74, 6) is 1.11. The molecule has 2 rings (SSSR count). The number of nitrogens with zero attached hydrogens (tertiary/aromatic N) is 4. The minimum Gasteiger partial charge on any atom is -0.390 e. The summed E-state index contributed by atoms with van der Waals surface area (Å²) in [7, 11) is 3.44. The first-order valence-corrected chi connectivity index (χ1v) is 6.20. The maximum Gasteiger partial charge on any atom is 0.194 e. The second kappa shape index (κ2) is 6.16. The molecule has 0 atom stereocenters. The third-order valence-electron chi connectivity index (χ3n) is 2.90. The van der Waals surface area contributed by atoms with E-state index in [0.29, 0.717) is 18.1 Å². The Morgan fingerprint density at radius 3 is 2.90 bits per heavy atom. The van der Waals surface area contributed by atoms with Gasteiger partial charge in [0.2, 0.25) is 0 Å². The molecule has 2 aromatic rings. The van der Waals surface area contributed by atoms with Gasteiger partial charge in [0.1, 0.15) is 5.82 Å². The van der Waals surface area contributed by atoms with Crippen LogP contribution in [0.2, 0.25) is 0 Å². The highest BCUT2D eigenvalue weighted by atomic mass is 16.3. The normalized spacial score (nSPS) is 11.7. The van der Waals surface area contributed by atoms with Gasteiger partial charge in [-0.1, -0.05) is 6.07 Å². The van der Waals surface area contributed by atoms with Crippen LogP contribution < -0.4 is 11.1 Å². The molecule has 20 heavy (non-hydrogen) atoms. The summed E-state index contributed by atoms with van der Waals surface area (Å²) in [6.45, 7) is -0.0680. The van der Waals surface area contributed by atoms with E-state index in [-0.39, 0.29) is 6.61 Å². The van der Waals surface area contributed by atoms with Crippen molar-refractivity contribution in [3.63, 3.8) is 0 Å². The molecule has 106 valence electrons. The summed E-state index contributed by atoms with van der Waals surface area (Å²) in [5, 5.41) is 16.3. The first kappa shape index (κ1) is 14.0. The van der Waals surface area contributed by atoms with Crippen LogP contribution in [0, 0.1) is 0 Å². The Hall–Kier alpha value is -2.41. The first-order chi connectivity index (χ1) is 9.63. The van der Waals surface area contributed by atoms with Gasteiger partial charge in [0, 0.05) is 31.8 Å². The van der Waals surface area contributed by atoms with Gasteiger partial charge in [-0.15, -0.1) is 0 Å². The van der Waals surface area contributed by atoms with Crippen molar-refractivity contribution >= 4 is 11.8 Å². The van der Waals surface area contributed by atoms with Gasteiger partial charge in [0.15, 0.2) is 5.96 Å². The van der Waals surface area contributed by atoms with Gasteiger partial charge in [-0.25, -0.2) is 0 Å². The molecule has 0 aliphatic rings. The largest absolute Gasteiger partial charge is 0.390 e. The van der Waals surface area contributed by atoms with Gasteiger partial charge in [-0.05, 0) is 12.1 Å². The highest BCUT2D eigenvalue weighted by Gasteiger charge is 2.11. The maximum absolute atomic E-state index is 9.11. The Labute approximate surface area is 117 Å². The lowest BCUT2D eigenvalue weighted by Crippen LogP contribution is -2.24. The minimum absolute atomic E-state index is 0.0680. The smallest absolute Gasteiger partial charge is 0.194 e. The Morgan fingerprint density at radius 2 is 2.20 bits per heavy atom. The Morgan fingerprint density at radius 1 is 1.45 bits per heavy atom. The van der Waals surface area contributed by atoms with E-state index in [1.807, 2.05) is 19.2 Å². The predicted octanol–water partition coefficient (Wildman–Crippen LogP) is 0.255. The SMILES string of the molecule is CN=C(N)Nc1c(Cc2cccc(CO)n2)cnn1C. The summed E-state index contributed by atoms with van der Waals surface area (Å²) in [4.78, 5) is 8.23. The number of aliphatic hydroxyl groups is 1. The molecular formula is C13H18N6O. The fraction of sp³-hybridized carbons (Fsp3) is 0.308. The molecule has 0 radical (unpaired) electrons. The lowest BCUT2D eigenvalue weighted by molar-refractivity contribution is 0.276. The number of rotatable bonds is 4. The molecule has 0 saturated carbocycles. The molecule has 0 spiro atoms. The number of aromatic nitrogens is 3. The van der Waals surface area contributed by atoms with Crippen molar-refractivity contribution in [3.8, 4) is 0 Å². The number of aliphatic hydroxyl groups excluding tert-OH is 1. The van der Waals surface area contributed by atoms with Crippen molar-refractivity contribution in [1.29, 1.82) is 0 Å². The van der Waals surface area contributed by atoms with Crippen LogP contribution in [-0.4, -0.2) is 32.9 Å². The van der Waals surface area contributed by atoms with Gasteiger partial charge in [0.05, 0.1) is 18.5 Å². The standard InChI is InChI=1S/C13H18N6O/c1-15-13(14)18-12-9(7-16-19(12)2)6-10-4-3-5-11(8-20)17-10/h3-5,7,20H,6,8H2,1-2H3,(H3,14,15,18). The number of hydrogen-bond acceptors (Lipinski definition) is 4. The molecule has 2 heterocycles. The molecule has 0 aliphatic heterocycles. The summed E-state index contributed by atoms with van der Waals surface area (Å²) in [5.41, 5.74) is 8.16. The zero-order chi connectivity index (χ0) is 14.5. The number of nitrogens with one attached hydrogen (secondary N) is 1. The van der Waals surface area contributed by atoms with Crippen LogP contribution in [0.3, 0.4) is 0 Å². The second-order valence-electron chi connectivity index (χ2n) is 4.33. The van der Waals surface area contributed by atoms with Gasteiger partial charge in [-0.2, -0.15) is 5.10 Å². The van der Waals surface area contributed by atoms with E-state index < -0.39 is 0 Å². The number of anilines is 1. The Kier molecular flexibility index (Phi) is 4.31. The molecular weight excluding hydrogens is 256 g/mol. The van der Waals surface area contributed by atoms with Crippen LogP contribution >= 0.6 is 0 Å². The summed E-state index contributed by atoms with van der Waals surface area (Å²) in [6.07, 6.45) is 2.36. The quantitative estimate of drug-likeness (QED) is 0.548. The zero-order valence-corrected chi connectivity index (χ0v) is 11.5. The second-order valence-corrected chi connectivity index (χ2v) is 4.33. The van der Waals surface area contributed by atoms with Gasteiger partial charge >= 0.3 is 0 Å². The molecule has 2 aromatic heterocycles. The molecule has 0 aromatic carbocycles. The fourth-order valence-corrected chi connectivity index (χ4v) is 1.86. The molecule has 0 aliphatic carbocycles. The van der Waals surface area contributed by atoms with Crippen LogP contribution in [0.5, 0.6) is 0 Å². The summed E-state index contributed by atoms with van der Waals surface area (Å²) < 4.78 is 1.70. The summed E-state index contributed by atoms with van der Waals surface area (Å²) in [6, 6.07) is 5.57. The highest BCUT2D eigenvalue weighted by Crippen LogP contribution is 2.17. The average Bonchev–Trinajstić information content (AvgIpc) is 2.80. The molecule has 7 heteroatoms. The van der Waals surface area contributed by atoms with Gasteiger partial charge < -0.3 is 16.2 Å². The number of pyridine rings is 1. The van der Waals surface area contributed by atoms with Crippen LogP contribution in [0.1, 0.15) is 17.0 Å². The molecule has 0 bridgehead atoms. The van der Waals surface area contributed by atoms with E-state index >= 15 is 0 Å². The van der Waals surface area contributed by atoms with Crippen molar-refractivity contribution < 1.29 is 5.11 Å². The highest BCUT2D eigenvalue weighted by molar-refractivity contribution is 5.92. The third-order valence-corrected chi connectivity index (χ3v) is 2.90. The van der Waals surface area contributed by atoms with Crippen molar-refractivity contribution in [2.75, 3.05) is 12.4 Å². The monoisotopic (exact) mass is 274 g/mol. The van der Waals surface area contributed by atoms with E-state index in [0.717, 1.165) is 17.1 Å². The van der Waals surface area contributed by atoms with Crippen molar-refractivity contribution in [3.05, 3.63) is 41.3 Å². The van der Waals surface area contributed by atoms with Crippen molar-refractivity contribution in [2.24, 2.45) is 17.8 Å². The van der Waals surface area contributed by atoms with E-state index in [4.69, 9.17) is 10.8 Å². The van der Waals surface area contributed by atoms with E-state index in [2.05, 4.69) is 20.4 Å². The molecule has 0 fully saturated rings. The Balaban J connectivity index is 2.25. The first-order valence-electron chi connectivity index (χ1n) is 6.20. The van der Waals surface area contributed by atoms with Gasteiger partial charge in [0.25, 0.3) is 0 Å². The van der Waals surface area contributed by atoms with E-state index in [9.17, 15) is 0 Å². The molecule has 0 amide bonds. The topological polar surface area (TPSA) is 101 Å². The number of hydrogen-bond donors (Lipinski definition) is 3. The fourth-order valence-electron chi connectivity index (χ4n) is 1.86. The third kappa shape index (κ3) is 3.12. The van der Waals surface area contributed by atoms with Gasteiger partial charge in [-0.3, -0.25) is 14.7 Å². The number of guanidine groups is 1. The lowest BCUT2D eigenvalue weighted by Gasteiger charge is -2.08. The molecule has 0 unspecified atom stereocenters. The maximum atomic E-state index is 9.11. The van der Waals surface area contributed by atoms with Crippen molar-refractivity contribution in [1.82, 2.24) is 14.8 Å². The molecule has 7 nitrogen and oxygen atoms in total. The van der Waals surface area contributed by atoms with Crippen LogP contribution in [0.4, 0.5) is 5.82 Å². The van der Waals surface area contributed by atoms with Crippen LogP contribution in [-0.2, 0) is 20.1 Å². The number of nitrogens with two attached hydrogens (primary N) is 1. The Bertz CT molecular complexity index is 619. The van der Waals surface area contributed by atoms with Crippen molar-refractivity contribution in [2.45, 2.75) is 13.0 Å². The zero-order valence-electron chi connectivity index (χ0n) is 11.5. The van der Waals surface area contributed by atoms with Crippen LogP contribution in [0.15, 0.2) is 29.4 Å². The number of aliphatic imine (C=N–C) groups is 1. The lowest BCUT2D eigenvalue weighted by atomic mass is 10.1. The number of aryl methyl sites for hydroxylation is 1. The minimum atomic E-state index is -0.0680. The predicted molar refractivity (Wildman–Crippen MR) is 77.3 cm³/mol. The van der Waals surface area contributed by atoms with E-state index in [1.54, 1.807) is 24.0 Å².